The van der Waals surface area contributed by atoms with Gasteiger partial charge in [-0.1, -0.05) is 49.4 Å². The van der Waals surface area contributed by atoms with Crippen LogP contribution in [0.4, 0.5) is 5.00 Å². The second kappa shape index (κ2) is 12.1. The first kappa shape index (κ1) is 28.2. The van der Waals surface area contributed by atoms with E-state index in [0.717, 1.165) is 28.2 Å². The first-order valence-corrected chi connectivity index (χ1v) is 14.4. The number of nitrogens with zero attached hydrogens (tertiary/aromatic N) is 1. The lowest BCUT2D eigenvalue weighted by Crippen LogP contribution is -2.47. The molecule has 9 nitrogen and oxygen atoms in total. The number of anilines is 1. The van der Waals surface area contributed by atoms with Gasteiger partial charge in [-0.3, -0.25) is 19.3 Å². The molecule has 0 bridgehead atoms. The Labute approximate surface area is 241 Å². The molecule has 3 amide bonds. The highest BCUT2D eigenvalue weighted by Crippen LogP contribution is 2.40. The van der Waals surface area contributed by atoms with Crippen LogP contribution in [0, 0.1) is 5.92 Å². The minimum atomic E-state index is -1.27. The molecule has 0 saturated carbocycles. The van der Waals surface area contributed by atoms with Crippen LogP contribution in [0.25, 0.3) is 0 Å². The molecule has 1 N–H and O–H groups in total. The summed E-state index contributed by atoms with van der Waals surface area (Å²) in [5, 5.41) is 3.09. The van der Waals surface area contributed by atoms with E-state index < -0.39 is 42.3 Å². The van der Waals surface area contributed by atoms with E-state index in [-0.39, 0.29) is 24.2 Å². The predicted octanol–water partition coefficient (Wildman–Crippen LogP) is 4.44. The summed E-state index contributed by atoms with van der Waals surface area (Å²) in [5.41, 5.74) is 2.39. The highest BCUT2D eigenvalue weighted by molar-refractivity contribution is 7.17. The molecule has 41 heavy (non-hydrogen) atoms. The van der Waals surface area contributed by atoms with E-state index in [9.17, 15) is 24.0 Å². The summed E-state index contributed by atoms with van der Waals surface area (Å²) >= 11 is 1.33. The molecule has 212 valence electrons. The normalized spacial score (nSPS) is 16.5. The SMILES string of the molecule is CCOC(=O)c1c(NC(=O)COC(=O)C(Cc2ccccc2)N2C(=O)c3ccccc3C2=O)sc2c1CCC(C)C2. The van der Waals surface area contributed by atoms with Gasteiger partial charge in [0.15, 0.2) is 6.61 Å². The number of imide groups is 1. The van der Waals surface area contributed by atoms with Crippen molar-refractivity contribution in [2.45, 2.75) is 45.6 Å². The van der Waals surface area contributed by atoms with E-state index in [1.165, 1.54) is 23.5 Å². The second-order valence-electron chi connectivity index (χ2n) is 10.2. The van der Waals surface area contributed by atoms with Gasteiger partial charge in [0, 0.05) is 11.3 Å². The lowest BCUT2D eigenvalue weighted by molar-refractivity contribution is -0.151. The molecule has 0 radical (unpaired) electrons. The Hall–Kier alpha value is -4.31. The van der Waals surface area contributed by atoms with Crippen LogP contribution in [0.5, 0.6) is 0 Å². The van der Waals surface area contributed by atoms with Crippen molar-refractivity contribution in [1.29, 1.82) is 0 Å². The Balaban J connectivity index is 1.33. The van der Waals surface area contributed by atoms with Crippen LogP contribution in [0.15, 0.2) is 54.6 Å². The molecule has 2 atom stereocenters. The summed E-state index contributed by atoms with van der Waals surface area (Å²) in [6.07, 6.45) is 2.48. The molecule has 0 saturated heterocycles. The molecular formula is C31H30N2O7S. The summed E-state index contributed by atoms with van der Waals surface area (Å²) in [5.74, 6) is -2.75. The Morgan fingerprint density at radius 2 is 1.66 bits per heavy atom. The van der Waals surface area contributed by atoms with Crippen molar-refractivity contribution in [2.24, 2.45) is 5.92 Å². The van der Waals surface area contributed by atoms with Gasteiger partial charge in [0.2, 0.25) is 0 Å². The smallest absolute Gasteiger partial charge is 0.341 e. The number of esters is 2. The number of benzene rings is 2. The third-order valence-corrected chi connectivity index (χ3v) is 8.44. The van der Waals surface area contributed by atoms with Crippen LogP contribution in [-0.2, 0) is 38.3 Å². The van der Waals surface area contributed by atoms with E-state index >= 15 is 0 Å². The quantitative estimate of drug-likeness (QED) is 0.296. The largest absolute Gasteiger partial charge is 0.462 e. The van der Waals surface area contributed by atoms with Crippen LogP contribution in [-0.4, -0.2) is 53.8 Å². The molecule has 5 rings (SSSR count). The Morgan fingerprint density at radius 3 is 2.32 bits per heavy atom. The maximum absolute atomic E-state index is 13.4. The van der Waals surface area contributed by atoms with E-state index in [4.69, 9.17) is 9.47 Å². The van der Waals surface area contributed by atoms with Crippen LogP contribution in [0.1, 0.15) is 67.3 Å². The van der Waals surface area contributed by atoms with Crippen molar-refractivity contribution in [3.8, 4) is 0 Å². The van der Waals surface area contributed by atoms with Gasteiger partial charge in [-0.2, -0.15) is 0 Å². The number of hydrogen-bond donors (Lipinski definition) is 1. The van der Waals surface area contributed by atoms with Crippen LogP contribution >= 0.6 is 11.3 Å². The number of ether oxygens (including phenoxy) is 2. The molecule has 10 heteroatoms. The van der Waals surface area contributed by atoms with E-state index in [1.807, 2.05) is 6.07 Å². The maximum Gasteiger partial charge on any atom is 0.341 e. The van der Waals surface area contributed by atoms with Crippen molar-refractivity contribution in [2.75, 3.05) is 18.5 Å². The van der Waals surface area contributed by atoms with Gasteiger partial charge in [-0.15, -0.1) is 11.3 Å². The summed E-state index contributed by atoms with van der Waals surface area (Å²) in [6, 6.07) is 14.0. The van der Waals surface area contributed by atoms with Crippen molar-refractivity contribution in [3.05, 3.63) is 87.3 Å². The monoisotopic (exact) mass is 574 g/mol. The molecular weight excluding hydrogens is 544 g/mol. The zero-order valence-corrected chi connectivity index (χ0v) is 23.6. The lowest BCUT2D eigenvalue weighted by Gasteiger charge is -2.24. The number of thiophene rings is 1. The molecule has 0 spiro atoms. The average Bonchev–Trinajstić information content (AvgIpc) is 3.44. The van der Waals surface area contributed by atoms with Crippen molar-refractivity contribution in [1.82, 2.24) is 4.90 Å². The predicted molar refractivity (Wildman–Crippen MR) is 152 cm³/mol. The molecule has 2 aliphatic rings. The van der Waals surface area contributed by atoms with Crippen LogP contribution < -0.4 is 5.32 Å². The first-order valence-electron chi connectivity index (χ1n) is 13.6. The summed E-state index contributed by atoms with van der Waals surface area (Å²) in [7, 11) is 0. The fraction of sp³-hybridized carbons (Fsp3) is 0.323. The highest BCUT2D eigenvalue weighted by Gasteiger charge is 2.43. The molecule has 3 aromatic rings. The zero-order valence-electron chi connectivity index (χ0n) is 22.8. The third kappa shape index (κ3) is 5.78. The summed E-state index contributed by atoms with van der Waals surface area (Å²) in [4.78, 5) is 67.4. The number of amides is 3. The fourth-order valence-electron chi connectivity index (χ4n) is 5.26. The molecule has 2 heterocycles. The topological polar surface area (TPSA) is 119 Å². The summed E-state index contributed by atoms with van der Waals surface area (Å²) < 4.78 is 10.6. The number of carbonyl (C=O) groups excluding carboxylic acids is 5. The number of nitrogens with one attached hydrogen (secondary N) is 1. The van der Waals surface area contributed by atoms with Crippen LogP contribution in [0.2, 0.25) is 0 Å². The number of carbonyl (C=O) groups is 5. The molecule has 1 aliphatic carbocycles. The highest BCUT2D eigenvalue weighted by atomic mass is 32.1. The standard InChI is InChI=1S/C31H30N2O7S/c1-3-39-31(38)26-22-14-13-18(2)15-24(22)41-27(26)32-25(34)17-40-30(37)23(16-19-9-5-4-6-10-19)33-28(35)20-11-7-8-12-21(20)29(33)36/h4-12,18,23H,3,13-17H2,1-2H3,(H,32,34). The average molecular weight is 575 g/mol. The van der Waals surface area contributed by atoms with Crippen LogP contribution in [0.3, 0.4) is 0 Å². The van der Waals surface area contributed by atoms with E-state index in [0.29, 0.717) is 28.5 Å². The lowest BCUT2D eigenvalue weighted by atomic mass is 9.88. The van der Waals surface area contributed by atoms with Gasteiger partial charge in [0.25, 0.3) is 17.7 Å². The Morgan fingerprint density at radius 1 is 1.00 bits per heavy atom. The van der Waals surface area contributed by atoms with Crippen molar-refractivity contribution >= 4 is 46.0 Å². The third-order valence-electron chi connectivity index (χ3n) is 7.27. The molecule has 2 aromatic carbocycles. The molecule has 2 unspecified atom stereocenters. The first-order chi connectivity index (χ1) is 19.8. The van der Waals surface area contributed by atoms with Gasteiger partial charge in [-0.05, 0) is 55.4 Å². The van der Waals surface area contributed by atoms with Gasteiger partial charge in [-0.25, -0.2) is 9.59 Å². The maximum atomic E-state index is 13.4. The minimum absolute atomic E-state index is 0.0234. The molecule has 0 fully saturated rings. The van der Waals surface area contributed by atoms with Gasteiger partial charge < -0.3 is 14.8 Å². The number of rotatable bonds is 9. The van der Waals surface area contributed by atoms with Crippen molar-refractivity contribution < 1.29 is 33.4 Å². The second-order valence-corrected chi connectivity index (χ2v) is 11.3. The Kier molecular flexibility index (Phi) is 8.30. The summed E-state index contributed by atoms with van der Waals surface area (Å²) in [6.45, 7) is 3.40. The Bertz CT molecular complexity index is 1480. The van der Waals surface area contributed by atoms with E-state index in [2.05, 4.69) is 12.2 Å². The number of hydrogen-bond acceptors (Lipinski definition) is 8. The van der Waals surface area contributed by atoms with Gasteiger partial charge >= 0.3 is 11.9 Å². The molecule has 1 aromatic heterocycles. The fourth-order valence-corrected chi connectivity index (χ4v) is 6.68. The zero-order chi connectivity index (χ0) is 29.1. The van der Waals surface area contributed by atoms with Crippen molar-refractivity contribution in [3.63, 3.8) is 0 Å². The van der Waals surface area contributed by atoms with E-state index in [1.54, 1.807) is 43.3 Å². The molecule has 1 aliphatic heterocycles. The van der Waals surface area contributed by atoms with Gasteiger partial charge in [0.1, 0.15) is 11.0 Å². The van der Waals surface area contributed by atoms with Gasteiger partial charge in [0.05, 0.1) is 23.3 Å². The number of fused-ring (bicyclic) bond motifs is 2. The minimum Gasteiger partial charge on any atom is -0.462 e.